The van der Waals surface area contributed by atoms with Crippen LogP contribution >= 0.6 is 0 Å². The quantitative estimate of drug-likeness (QED) is 0.276. The van der Waals surface area contributed by atoms with Crippen molar-refractivity contribution in [3.8, 4) is 56.9 Å². The van der Waals surface area contributed by atoms with Crippen LogP contribution in [0, 0.1) is 5.82 Å². The van der Waals surface area contributed by atoms with E-state index >= 15 is 4.39 Å². The van der Waals surface area contributed by atoms with Gasteiger partial charge < -0.3 is 0 Å². The molecule has 0 saturated carbocycles. The molecule has 0 fully saturated rings. The van der Waals surface area contributed by atoms with E-state index < -0.39 is 23.9 Å². The van der Waals surface area contributed by atoms with Gasteiger partial charge in [-0.05, 0) is 18.1 Å². The average Bonchev–Trinajstić information content (AvgIpc) is 3.01. The van der Waals surface area contributed by atoms with Crippen molar-refractivity contribution < 1.29 is 8.50 Å². The standard InChI is InChI=1S/C30H19FN6/c31-25-17-16-23(27-33-19-32-26(34-27)20-10-4-1-5-11-20)18-24(25)30-36-28(21-12-6-2-7-13-21)35-29(37-30)22-14-8-3-9-15-22/h1-19H/i16D,17D,18D. The van der Waals surface area contributed by atoms with E-state index in [9.17, 15) is 0 Å². The van der Waals surface area contributed by atoms with Crippen molar-refractivity contribution in [3.05, 3.63) is 121 Å². The summed E-state index contributed by atoms with van der Waals surface area (Å²) in [5.74, 6) is -0.378. The van der Waals surface area contributed by atoms with Crippen molar-refractivity contribution in [2.45, 2.75) is 0 Å². The first-order valence-corrected chi connectivity index (χ1v) is 11.4. The summed E-state index contributed by atoms with van der Waals surface area (Å²) < 4.78 is 41.6. The Morgan fingerprint density at radius 2 is 0.919 bits per heavy atom. The lowest BCUT2D eigenvalue weighted by atomic mass is 10.1. The molecule has 0 radical (unpaired) electrons. The molecule has 0 N–H and O–H groups in total. The zero-order valence-electron chi connectivity index (χ0n) is 22.3. The molecule has 2 aromatic heterocycles. The molecule has 0 atom stereocenters. The molecule has 0 bridgehead atoms. The smallest absolute Gasteiger partial charge is 0.167 e. The molecule has 6 aromatic rings. The molecule has 4 aromatic carbocycles. The largest absolute Gasteiger partial charge is 0.217 e. The average molecular weight is 486 g/mol. The summed E-state index contributed by atoms with van der Waals surface area (Å²) in [6.45, 7) is 0. The second kappa shape index (κ2) is 9.83. The van der Waals surface area contributed by atoms with Crippen LogP contribution in [0.25, 0.3) is 56.9 Å². The summed E-state index contributed by atoms with van der Waals surface area (Å²) in [7, 11) is 0. The molecule has 6 rings (SSSR count). The number of nitrogens with zero attached hydrogens (tertiary/aromatic N) is 6. The van der Waals surface area contributed by atoms with E-state index in [-0.39, 0.29) is 34.4 Å². The van der Waals surface area contributed by atoms with Crippen molar-refractivity contribution >= 4 is 0 Å². The van der Waals surface area contributed by atoms with Gasteiger partial charge in [0.1, 0.15) is 12.1 Å². The maximum absolute atomic E-state index is 15.7. The van der Waals surface area contributed by atoms with Gasteiger partial charge in [0, 0.05) is 22.3 Å². The van der Waals surface area contributed by atoms with Gasteiger partial charge in [0.25, 0.3) is 0 Å². The Hall–Kier alpha value is -5.17. The highest BCUT2D eigenvalue weighted by Gasteiger charge is 2.17. The van der Waals surface area contributed by atoms with Gasteiger partial charge in [0.05, 0.1) is 9.68 Å². The van der Waals surface area contributed by atoms with E-state index in [1.807, 2.05) is 91.0 Å². The third-order valence-corrected chi connectivity index (χ3v) is 5.52. The first-order chi connectivity index (χ1) is 19.5. The molecule has 2 heterocycles. The Bertz CT molecular complexity index is 1780. The predicted molar refractivity (Wildman–Crippen MR) is 140 cm³/mol. The highest BCUT2D eigenvalue weighted by atomic mass is 19.1. The van der Waals surface area contributed by atoms with Crippen molar-refractivity contribution in [2.24, 2.45) is 0 Å². The number of hydrogen-bond acceptors (Lipinski definition) is 6. The Morgan fingerprint density at radius 3 is 1.46 bits per heavy atom. The summed E-state index contributed by atoms with van der Waals surface area (Å²) >= 11 is 0. The molecule has 0 aliphatic heterocycles. The van der Waals surface area contributed by atoms with Crippen molar-refractivity contribution in [1.29, 1.82) is 0 Å². The monoisotopic (exact) mass is 485 g/mol. The molecule has 6 nitrogen and oxygen atoms in total. The van der Waals surface area contributed by atoms with Gasteiger partial charge in [0.15, 0.2) is 29.1 Å². The van der Waals surface area contributed by atoms with Crippen molar-refractivity contribution in [2.75, 3.05) is 0 Å². The Balaban J connectivity index is 1.59. The number of benzene rings is 4. The van der Waals surface area contributed by atoms with Crippen LogP contribution in [0.1, 0.15) is 4.11 Å². The fourth-order valence-electron chi connectivity index (χ4n) is 3.72. The van der Waals surface area contributed by atoms with Gasteiger partial charge in [-0.25, -0.2) is 34.3 Å². The van der Waals surface area contributed by atoms with Crippen LogP contribution in [0.4, 0.5) is 4.39 Å². The third kappa shape index (κ3) is 4.70. The first-order valence-electron chi connectivity index (χ1n) is 12.9. The number of aromatic nitrogens is 6. The van der Waals surface area contributed by atoms with Gasteiger partial charge in [-0.2, -0.15) is 0 Å². The lowest BCUT2D eigenvalue weighted by Gasteiger charge is -2.10. The minimum absolute atomic E-state index is 0.0285. The van der Waals surface area contributed by atoms with Crippen LogP contribution in [0.5, 0.6) is 0 Å². The Kier molecular flexibility index (Phi) is 5.07. The van der Waals surface area contributed by atoms with Crippen LogP contribution < -0.4 is 0 Å². The molecule has 0 amide bonds. The minimum Gasteiger partial charge on any atom is -0.217 e. The molecule has 0 unspecified atom stereocenters. The van der Waals surface area contributed by atoms with Gasteiger partial charge in [-0.1, -0.05) is 91.0 Å². The van der Waals surface area contributed by atoms with Crippen molar-refractivity contribution in [3.63, 3.8) is 0 Å². The number of rotatable bonds is 5. The number of halogens is 1. The van der Waals surface area contributed by atoms with Crippen LogP contribution in [-0.2, 0) is 0 Å². The van der Waals surface area contributed by atoms with E-state index in [2.05, 4.69) is 29.9 Å². The van der Waals surface area contributed by atoms with Gasteiger partial charge >= 0.3 is 0 Å². The topological polar surface area (TPSA) is 77.3 Å². The first kappa shape index (κ1) is 19.1. The molecular weight excluding hydrogens is 463 g/mol. The van der Waals surface area contributed by atoms with E-state index in [1.54, 1.807) is 0 Å². The maximum Gasteiger partial charge on any atom is 0.167 e. The highest BCUT2D eigenvalue weighted by molar-refractivity contribution is 5.71. The van der Waals surface area contributed by atoms with E-state index in [0.29, 0.717) is 22.5 Å². The summed E-state index contributed by atoms with van der Waals surface area (Å²) in [6.07, 6.45) is 1.26. The molecule has 176 valence electrons. The summed E-state index contributed by atoms with van der Waals surface area (Å²) in [4.78, 5) is 26.5. The maximum atomic E-state index is 15.7. The van der Waals surface area contributed by atoms with Crippen LogP contribution in [0.3, 0.4) is 0 Å². The fourth-order valence-corrected chi connectivity index (χ4v) is 3.72. The molecular formula is C30H19FN6. The minimum atomic E-state index is -1.08. The van der Waals surface area contributed by atoms with Gasteiger partial charge in [-0.15, -0.1) is 0 Å². The fraction of sp³-hybridized carbons (Fsp3) is 0. The zero-order valence-corrected chi connectivity index (χ0v) is 19.3. The molecule has 7 heteroatoms. The molecule has 0 aliphatic rings. The molecule has 37 heavy (non-hydrogen) atoms. The van der Waals surface area contributed by atoms with E-state index in [1.165, 1.54) is 6.33 Å². The number of hydrogen-bond donors (Lipinski definition) is 0. The van der Waals surface area contributed by atoms with E-state index in [0.717, 1.165) is 0 Å². The van der Waals surface area contributed by atoms with Crippen LogP contribution in [0.2, 0.25) is 0 Å². The second-order valence-electron chi connectivity index (χ2n) is 7.98. The highest BCUT2D eigenvalue weighted by Crippen LogP contribution is 2.29. The van der Waals surface area contributed by atoms with Crippen LogP contribution in [0.15, 0.2) is 115 Å². The van der Waals surface area contributed by atoms with E-state index in [4.69, 9.17) is 4.11 Å². The molecule has 0 aliphatic carbocycles. The van der Waals surface area contributed by atoms with Crippen molar-refractivity contribution in [1.82, 2.24) is 29.9 Å². The predicted octanol–water partition coefficient (Wildman–Crippen LogP) is 6.53. The van der Waals surface area contributed by atoms with Crippen LogP contribution in [-0.4, -0.2) is 29.9 Å². The zero-order chi connectivity index (χ0) is 27.6. The summed E-state index contributed by atoms with van der Waals surface area (Å²) in [6, 6.07) is 25.8. The second-order valence-corrected chi connectivity index (χ2v) is 7.98. The summed E-state index contributed by atoms with van der Waals surface area (Å²) in [5.41, 5.74) is 1.58. The SMILES string of the molecule is [2H]c1c([2H])c(-c2ncnc(-c3ccccc3)n2)c([2H])c(-c2nc(-c3ccccc3)nc(-c3ccccc3)n2)c1F. The normalized spacial score (nSPS) is 12.0. The lowest BCUT2D eigenvalue weighted by Crippen LogP contribution is -2.02. The van der Waals surface area contributed by atoms with Gasteiger partial charge in [-0.3, -0.25) is 0 Å². The Morgan fingerprint density at radius 1 is 0.486 bits per heavy atom. The van der Waals surface area contributed by atoms with Gasteiger partial charge in [0.2, 0.25) is 0 Å². The Labute approximate surface area is 216 Å². The lowest BCUT2D eigenvalue weighted by molar-refractivity contribution is 0.630. The third-order valence-electron chi connectivity index (χ3n) is 5.52. The molecule has 0 saturated heterocycles. The summed E-state index contributed by atoms with van der Waals surface area (Å²) in [5, 5.41) is 0. The molecule has 0 spiro atoms.